The Bertz CT molecular complexity index is 423. The standard InChI is InChI=1S/C13H17F4N/c1-4-12(2,3)11(18)8-5-6-9(10(14)7-8)13(15,16)17/h5-7,11H,4,18H2,1-3H3. The molecular weight excluding hydrogens is 246 g/mol. The van der Waals surface area contributed by atoms with Crippen LogP contribution < -0.4 is 5.73 Å². The van der Waals surface area contributed by atoms with Crippen LogP contribution in [0.15, 0.2) is 18.2 Å². The first kappa shape index (κ1) is 15.0. The molecule has 0 heterocycles. The Hall–Kier alpha value is -1.10. The number of rotatable bonds is 3. The lowest BCUT2D eigenvalue weighted by atomic mass is 9.79. The minimum Gasteiger partial charge on any atom is -0.324 e. The number of halogens is 4. The van der Waals surface area contributed by atoms with E-state index in [1.165, 1.54) is 6.07 Å². The third-order valence-corrected chi connectivity index (χ3v) is 3.41. The van der Waals surface area contributed by atoms with Gasteiger partial charge in [-0.2, -0.15) is 13.2 Å². The van der Waals surface area contributed by atoms with Crippen LogP contribution in [0.2, 0.25) is 0 Å². The second-order valence-electron chi connectivity index (χ2n) is 5.06. The van der Waals surface area contributed by atoms with E-state index in [-0.39, 0.29) is 5.41 Å². The lowest BCUT2D eigenvalue weighted by Crippen LogP contribution is -2.28. The summed E-state index contributed by atoms with van der Waals surface area (Å²) in [5.74, 6) is -1.28. The van der Waals surface area contributed by atoms with Crippen molar-refractivity contribution in [1.82, 2.24) is 0 Å². The fourth-order valence-corrected chi connectivity index (χ4v) is 1.63. The summed E-state index contributed by atoms with van der Waals surface area (Å²) in [6.45, 7) is 5.72. The molecule has 0 fully saturated rings. The molecule has 1 aromatic rings. The van der Waals surface area contributed by atoms with Crippen LogP contribution in [0.1, 0.15) is 44.4 Å². The number of alkyl halides is 3. The molecular formula is C13H17F4N. The first-order valence-corrected chi connectivity index (χ1v) is 5.72. The molecule has 0 aliphatic heterocycles. The van der Waals surface area contributed by atoms with Gasteiger partial charge in [-0.1, -0.05) is 26.8 Å². The summed E-state index contributed by atoms with van der Waals surface area (Å²) in [6, 6.07) is 2.37. The van der Waals surface area contributed by atoms with E-state index in [2.05, 4.69) is 0 Å². The molecule has 1 unspecified atom stereocenters. The van der Waals surface area contributed by atoms with Crippen LogP contribution in [0.4, 0.5) is 17.6 Å². The van der Waals surface area contributed by atoms with Crippen molar-refractivity contribution < 1.29 is 17.6 Å². The van der Waals surface area contributed by atoms with E-state index in [4.69, 9.17) is 5.73 Å². The molecule has 0 amide bonds. The lowest BCUT2D eigenvalue weighted by molar-refractivity contribution is -0.140. The Kier molecular flexibility index (Phi) is 4.05. The lowest BCUT2D eigenvalue weighted by Gasteiger charge is -2.31. The number of hydrogen-bond acceptors (Lipinski definition) is 1. The van der Waals surface area contributed by atoms with Gasteiger partial charge in [-0.25, -0.2) is 4.39 Å². The Labute approximate surface area is 104 Å². The third kappa shape index (κ3) is 3.02. The highest BCUT2D eigenvalue weighted by atomic mass is 19.4. The summed E-state index contributed by atoms with van der Waals surface area (Å²) in [7, 11) is 0. The van der Waals surface area contributed by atoms with Gasteiger partial charge in [0.2, 0.25) is 0 Å². The molecule has 0 aromatic heterocycles. The summed E-state index contributed by atoms with van der Waals surface area (Å²) in [6.07, 6.45) is -3.93. The molecule has 102 valence electrons. The smallest absolute Gasteiger partial charge is 0.324 e. The molecule has 0 aliphatic carbocycles. The minimum atomic E-state index is -4.67. The average molecular weight is 263 g/mol. The maximum atomic E-state index is 13.4. The van der Waals surface area contributed by atoms with E-state index in [1.807, 2.05) is 20.8 Å². The molecule has 0 spiro atoms. The van der Waals surface area contributed by atoms with E-state index in [0.29, 0.717) is 5.56 Å². The van der Waals surface area contributed by atoms with Gasteiger partial charge in [-0.15, -0.1) is 0 Å². The summed E-state index contributed by atoms with van der Waals surface area (Å²) in [4.78, 5) is 0. The van der Waals surface area contributed by atoms with Crippen molar-refractivity contribution in [3.63, 3.8) is 0 Å². The molecule has 5 heteroatoms. The van der Waals surface area contributed by atoms with Crippen LogP contribution in [0.3, 0.4) is 0 Å². The zero-order chi connectivity index (χ0) is 14.1. The van der Waals surface area contributed by atoms with E-state index in [0.717, 1.165) is 18.6 Å². The van der Waals surface area contributed by atoms with Gasteiger partial charge in [0.25, 0.3) is 0 Å². The number of benzene rings is 1. The van der Waals surface area contributed by atoms with Gasteiger partial charge < -0.3 is 5.73 Å². The van der Waals surface area contributed by atoms with Crippen molar-refractivity contribution >= 4 is 0 Å². The predicted octanol–water partition coefficient (Wildman–Crippen LogP) is 4.28. The Morgan fingerprint density at radius 2 is 1.78 bits per heavy atom. The van der Waals surface area contributed by atoms with Crippen molar-refractivity contribution in [3.05, 3.63) is 35.1 Å². The van der Waals surface area contributed by atoms with E-state index in [9.17, 15) is 17.6 Å². The van der Waals surface area contributed by atoms with Gasteiger partial charge in [-0.05, 0) is 29.5 Å². The van der Waals surface area contributed by atoms with Crippen molar-refractivity contribution in [3.8, 4) is 0 Å². The second kappa shape index (κ2) is 4.88. The van der Waals surface area contributed by atoms with E-state index in [1.54, 1.807) is 0 Å². The van der Waals surface area contributed by atoms with Gasteiger partial charge in [-0.3, -0.25) is 0 Å². The highest BCUT2D eigenvalue weighted by Gasteiger charge is 2.35. The quantitative estimate of drug-likeness (QED) is 0.809. The van der Waals surface area contributed by atoms with Crippen molar-refractivity contribution in [1.29, 1.82) is 0 Å². The zero-order valence-corrected chi connectivity index (χ0v) is 10.6. The van der Waals surface area contributed by atoms with Crippen LogP contribution in [0.25, 0.3) is 0 Å². The van der Waals surface area contributed by atoms with Crippen LogP contribution in [0, 0.1) is 11.2 Å². The summed E-state index contributed by atoms with van der Waals surface area (Å²) in [5, 5.41) is 0. The topological polar surface area (TPSA) is 26.0 Å². The Balaban J connectivity index is 3.13. The van der Waals surface area contributed by atoms with Crippen molar-refractivity contribution in [2.45, 2.75) is 39.4 Å². The molecule has 18 heavy (non-hydrogen) atoms. The van der Waals surface area contributed by atoms with Crippen molar-refractivity contribution in [2.24, 2.45) is 11.1 Å². The third-order valence-electron chi connectivity index (χ3n) is 3.41. The minimum absolute atomic E-state index is 0.299. The van der Waals surface area contributed by atoms with Gasteiger partial charge >= 0.3 is 6.18 Å². The molecule has 1 atom stereocenters. The number of nitrogens with two attached hydrogens (primary N) is 1. The average Bonchev–Trinajstić information content (AvgIpc) is 2.26. The first-order valence-electron chi connectivity index (χ1n) is 5.72. The molecule has 0 saturated heterocycles. The maximum Gasteiger partial charge on any atom is 0.419 e. The second-order valence-corrected chi connectivity index (χ2v) is 5.06. The summed E-state index contributed by atoms with van der Waals surface area (Å²) >= 11 is 0. The van der Waals surface area contributed by atoms with E-state index >= 15 is 0 Å². The fourth-order valence-electron chi connectivity index (χ4n) is 1.63. The van der Waals surface area contributed by atoms with Gasteiger partial charge in [0.05, 0.1) is 5.56 Å². The van der Waals surface area contributed by atoms with Gasteiger partial charge in [0.15, 0.2) is 0 Å². The SMILES string of the molecule is CCC(C)(C)C(N)c1ccc(C(F)(F)F)c(F)c1. The molecule has 0 aliphatic rings. The summed E-state index contributed by atoms with van der Waals surface area (Å²) < 4.78 is 50.7. The number of hydrogen-bond donors (Lipinski definition) is 1. The van der Waals surface area contributed by atoms with Crippen LogP contribution in [-0.4, -0.2) is 0 Å². The molecule has 1 nitrogen and oxygen atoms in total. The highest BCUT2D eigenvalue weighted by molar-refractivity contribution is 5.29. The first-order chi connectivity index (χ1) is 8.09. The molecule has 1 aromatic carbocycles. The molecule has 0 bridgehead atoms. The van der Waals surface area contributed by atoms with Crippen LogP contribution >= 0.6 is 0 Å². The van der Waals surface area contributed by atoms with E-state index < -0.39 is 23.6 Å². The highest BCUT2D eigenvalue weighted by Crippen LogP contribution is 2.37. The molecule has 1 rings (SSSR count). The fraction of sp³-hybridized carbons (Fsp3) is 0.538. The Morgan fingerprint density at radius 3 is 2.17 bits per heavy atom. The molecule has 0 radical (unpaired) electrons. The van der Waals surface area contributed by atoms with Crippen molar-refractivity contribution in [2.75, 3.05) is 0 Å². The predicted molar refractivity (Wildman–Crippen MR) is 62.4 cm³/mol. The van der Waals surface area contributed by atoms with Crippen LogP contribution in [-0.2, 0) is 6.18 Å². The largest absolute Gasteiger partial charge is 0.419 e. The Morgan fingerprint density at radius 1 is 1.22 bits per heavy atom. The normalized spacial score (nSPS) is 14.7. The van der Waals surface area contributed by atoms with Gasteiger partial charge in [0.1, 0.15) is 5.82 Å². The monoisotopic (exact) mass is 263 g/mol. The van der Waals surface area contributed by atoms with Crippen LogP contribution in [0.5, 0.6) is 0 Å². The maximum absolute atomic E-state index is 13.4. The molecule has 2 N–H and O–H groups in total. The zero-order valence-electron chi connectivity index (χ0n) is 10.6. The summed E-state index contributed by atoms with van der Waals surface area (Å²) in [5.41, 5.74) is 4.79. The molecule has 0 saturated carbocycles. The van der Waals surface area contributed by atoms with Gasteiger partial charge in [0, 0.05) is 6.04 Å².